The Hall–Kier alpha value is -0.630. The van der Waals surface area contributed by atoms with Crippen molar-refractivity contribution in [2.24, 2.45) is 4.99 Å². The lowest BCUT2D eigenvalue weighted by Gasteiger charge is -2.37. The lowest BCUT2D eigenvalue weighted by molar-refractivity contribution is -0.0816. The minimum Gasteiger partial charge on any atom is -0.375 e. The highest BCUT2D eigenvalue weighted by Gasteiger charge is 2.32. The Labute approximate surface area is 150 Å². The van der Waals surface area contributed by atoms with Crippen LogP contribution in [0.15, 0.2) is 20.9 Å². The Morgan fingerprint density at radius 2 is 2.26 bits per heavy atom. The molecule has 0 spiro atoms. The fourth-order valence-electron chi connectivity index (χ4n) is 3.10. The molecule has 2 aliphatic heterocycles. The molecule has 0 saturated carbocycles. The predicted octanol–water partition coefficient (Wildman–Crippen LogP) is 2.51. The smallest absolute Gasteiger partial charge is 0.193 e. The van der Waals surface area contributed by atoms with Gasteiger partial charge in [0, 0.05) is 38.2 Å². The van der Waals surface area contributed by atoms with E-state index in [9.17, 15) is 0 Å². The second-order valence-electron chi connectivity index (χ2n) is 5.84. The van der Waals surface area contributed by atoms with E-state index in [-0.39, 0.29) is 12.2 Å². The van der Waals surface area contributed by atoms with Gasteiger partial charge in [-0.2, -0.15) is 0 Å². The van der Waals surface area contributed by atoms with Crippen LogP contribution in [0.1, 0.15) is 17.7 Å². The van der Waals surface area contributed by atoms with Gasteiger partial charge in [-0.3, -0.25) is 4.99 Å². The first-order chi connectivity index (χ1) is 11.3. The van der Waals surface area contributed by atoms with Crippen LogP contribution in [0.5, 0.6) is 0 Å². The average Bonchev–Trinajstić information content (AvgIpc) is 3.23. The molecule has 0 aliphatic carbocycles. The standard InChI is InChI=1S/C16H24BrN3O2S/c1-18-16(19-7-6-12-4-5-15(17)23-12)20-8-10-22-14(11-20)13-3-2-9-21-13/h4-5,13-14H,2-3,6-11H2,1H3,(H,18,19). The summed E-state index contributed by atoms with van der Waals surface area (Å²) in [5.41, 5.74) is 0. The highest BCUT2D eigenvalue weighted by Crippen LogP contribution is 2.22. The summed E-state index contributed by atoms with van der Waals surface area (Å²) in [5, 5.41) is 3.48. The molecule has 2 saturated heterocycles. The quantitative estimate of drug-likeness (QED) is 0.621. The highest BCUT2D eigenvalue weighted by atomic mass is 79.9. The van der Waals surface area contributed by atoms with Gasteiger partial charge in [0.1, 0.15) is 6.10 Å². The first kappa shape index (κ1) is 17.2. The molecule has 2 atom stereocenters. The summed E-state index contributed by atoms with van der Waals surface area (Å²) in [6, 6.07) is 4.27. The molecule has 2 unspecified atom stereocenters. The van der Waals surface area contributed by atoms with Crippen molar-refractivity contribution in [3.63, 3.8) is 0 Å². The van der Waals surface area contributed by atoms with Gasteiger partial charge < -0.3 is 19.7 Å². The maximum absolute atomic E-state index is 5.91. The summed E-state index contributed by atoms with van der Waals surface area (Å²) in [4.78, 5) is 8.10. The van der Waals surface area contributed by atoms with Gasteiger partial charge in [-0.1, -0.05) is 0 Å². The van der Waals surface area contributed by atoms with Crippen LogP contribution < -0.4 is 5.32 Å². The summed E-state index contributed by atoms with van der Waals surface area (Å²) in [6.07, 6.45) is 3.68. The number of guanidine groups is 1. The number of halogens is 1. The molecule has 0 amide bonds. The molecule has 23 heavy (non-hydrogen) atoms. The minimum atomic E-state index is 0.165. The summed E-state index contributed by atoms with van der Waals surface area (Å²) in [6.45, 7) is 4.24. The SMILES string of the molecule is CN=C(NCCc1ccc(Br)s1)N1CCOC(C2CCCO2)C1. The molecular weight excluding hydrogens is 378 g/mol. The molecule has 0 radical (unpaired) electrons. The zero-order valence-electron chi connectivity index (χ0n) is 13.5. The predicted molar refractivity (Wildman–Crippen MR) is 97.4 cm³/mol. The first-order valence-electron chi connectivity index (χ1n) is 8.19. The van der Waals surface area contributed by atoms with Crippen molar-refractivity contribution in [2.45, 2.75) is 31.5 Å². The van der Waals surface area contributed by atoms with Gasteiger partial charge in [-0.25, -0.2) is 0 Å². The van der Waals surface area contributed by atoms with Crippen molar-refractivity contribution >= 4 is 33.2 Å². The fourth-order valence-corrected chi connectivity index (χ4v) is 4.59. The first-order valence-corrected chi connectivity index (χ1v) is 9.80. The van der Waals surface area contributed by atoms with Gasteiger partial charge in [0.05, 0.1) is 16.5 Å². The molecule has 0 bridgehead atoms. The van der Waals surface area contributed by atoms with Crippen molar-refractivity contribution in [1.82, 2.24) is 10.2 Å². The van der Waals surface area contributed by atoms with Crippen LogP contribution in [-0.2, 0) is 15.9 Å². The van der Waals surface area contributed by atoms with E-state index >= 15 is 0 Å². The molecule has 3 heterocycles. The monoisotopic (exact) mass is 401 g/mol. The Morgan fingerprint density at radius 3 is 2.96 bits per heavy atom. The zero-order valence-corrected chi connectivity index (χ0v) is 15.9. The Balaban J connectivity index is 1.49. The number of nitrogens with zero attached hydrogens (tertiary/aromatic N) is 2. The van der Waals surface area contributed by atoms with Crippen LogP contribution in [0.4, 0.5) is 0 Å². The molecule has 1 N–H and O–H groups in total. The number of nitrogens with one attached hydrogen (secondary N) is 1. The third-order valence-electron chi connectivity index (χ3n) is 4.27. The molecule has 1 aromatic rings. The average molecular weight is 402 g/mol. The number of hydrogen-bond donors (Lipinski definition) is 1. The van der Waals surface area contributed by atoms with E-state index in [0.29, 0.717) is 0 Å². The van der Waals surface area contributed by atoms with E-state index in [1.54, 1.807) is 11.3 Å². The van der Waals surface area contributed by atoms with Gasteiger partial charge in [0.15, 0.2) is 5.96 Å². The van der Waals surface area contributed by atoms with Crippen LogP contribution >= 0.6 is 27.3 Å². The summed E-state index contributed by atoms with van der Waals surface area (Å²) in [7, 11) is 1.85. The molecule has 2 aliphatic rings. The third kappa shape index (κ3) is 4.68. The summed E-state index contributed by atoms with van der Waals surface area (Å²) < 4.78 is 12.9. The second kappa shape index (κ2) is 8.46. The Bertz CT molecular complexity index is 531. The Kier molecular flexibility index (Phi) is 6.33. The molecule has 1 aromatic heterocycles. The van der Waals surface area contributed by atoms with Gasteiger partial charge >= 0.3 is 0 Å². The third-order valence-corrected chi connectivity index (χ3v) is 5.95. The molecule has 128 valence electrons. The summed E-state index contributed by atoms with van der Waals surface area (Å²) >= 11 is 5.29. The van der Waals surface area contributed by atoms with Crippen molar-refractivity contribution in [2.75, 3.05) is 39.9 Å². The van der Waals surface area contributed by atoms with Crippen LogP contribution in [0.3, 0.4) is 0 Å². The van der Waals surface area contributed by atoms with Crippen molar-refractivity contribution in [1.29, 1.82) is 0 Å². The van der Waals surface area contributed by atoms with Gasteiger partial charge in [-0.05, 0) is 47.3 Å². The number of rotatable bonds is 4. The van der Waals surface area contributed by atoms with E-state index in [0.717, 1.165) is 58.1 Å². The number of morpholine rings is 1. The molecule has 7 heteroatoms. The molecule has 3 rings (SSSR count). The van der Waals surface area contributed by atoms with Crippen molar-refractivity contribution in [3.05, 3.63) is 20.8 Å². The van der Waals surface area contributed by atoms with Crippen molar-refractivity contribution in [3.8, 4) is 0 Å². The Morgan fingerprint density at radius 1 is 1.39 bits per heavy atom. The molecule has 2 fully saturated rings. The van der Waals surface area contributed by atoms with E-state index in [4.69, 9.17) is 9.47 Å². The largest absolute Gasteiger partial charge is 0.375 e. The van der Waals surface area contributed by atoms with Crippen LogP contribution in [0.25, 0.3) is 0 Å². The van der Waals surface area contributed by atoms with Gasteiger partial charge in [-0.15, -0.1) is 11.3 Å². The maximum atomic E-state index is 5.91. The van der Waals surface area contributed by atoms with E-state index in [1.807, 2.05) is 7.05 Å². The van der Waals surface area contributed by atoms with E-state index < -0.39 is 0 Å². The van der Waals surface area contributed by atoms with Crippen molar-refractivity contribution < 1.29 is 9.47 Å². The second-order valence-corrected chi connectivity index (χ2v) is 8.38. The summed E-state index contributed by atoms with van der Waals surface area (Å²) in [5.74, 6) is 0.965. The minimum absolute atomic E-state index is 0.165. The van der Waals surface area contributed by atoms with Crippen LogP contribution in [-0.4, -0.2) is 63.0 Å². The van der Waals surface area contributed by atoms with Crippen LogP contribution in [0.2, 0.25) is 0 Å². The van der Waals surface area contributed by atoms with Crippen LogP contribution in [0, 0.1) is 0 Å². The number of thiophene rings is 1. The van der Waals surface area contributed by atoms with E-state index in [2.05, 4.69) is 43.3 Å². The van der Waals surface area contributed by atoms with Gasteiger partial charge in [0.25, 0.3) is 0 Å². The van der Waals surface area contributed by atoms with Gasteiger partial charge in [0.2, 0.25) is 0 Å². The number of hydrogen-bond acceptors (Lipinski definition) is 4. The molecule has 5 nitrogen and oxygen atoms in total. The number of ether oxygens (including phenoxy) is 2. The fraction of sp³-hybridized carbons (Fsp3) is 0.688. The zero-order chi connectivity index (χ0) is 16.1. The maximum Gasteiger partial charge on any atom is 0.193 e. The highest BCUT2D eigenvalue weighted by molar-refractivity contribution is 9.11. The number of aliphatic imine (C=N–C) groups is 1. The molecule has 0 aromatic carbocycles. The lowest BCUT2D eigenvalue weighted by atomic mass is 10.1. The van der Waals surface area contributed by atoms with E-state index in [1.165, 1.54) is 8.66 Å². The topological polar surface area (TPSA) is 46.1 Å². The lowest BCUT2D eigenvalue weighted by Crippen LogP contribution is -2.53. The molecular formula is C16H24BrN3O2S. The normalized spacial score (nSPS) is 25.8.